The summed E-state index contributed by atoms with van der Waals surface area (Å²) in [7, 11) is 0. The summed E-state index contributed by atoms with van der Waals surface area (Å²) in [6.45, 7) is -0.0922. The number of hydrogen-bond donors (Lipinski definition) is 0. The summed E-state index contributed by atoms with van der Waals surface area (Å²) in [6.07, 6.45) is 0.853. The second-order valence-electron chi connectivity index (χ2n) is 5.05. The van der Waals surface area contributed by atoms with Crippen molar-refractivity contribution < 1.29 is 8.78 Å². The molecule has 1 aromatic carbocycles. The molecule has 3 aliphatic carbocycles. The van der Waals surface area contributed by atoms with Crippen LogP contribution in [0.3, 0.4) is 0 Å². The summed E-state index contributed by atoms with van der Waals surface area (Å²) in [5, 5.41) is 3.32. The van der Waals surface area contributed by atoms with Crippen LogP contribution in [0.15, 0.2) is 35.4 Å². The van der Waals surface area contributed by atoms with Crippen LogP contribution in [0.5, 0.6) is 0 Å². The minimum absolute atomic E-state index is 0.0922. The molecular formula is C12H11F2N3. The Kier molecular flexibility index (Phi) is 1.85. The largest absolute Gasteiger partial charge is 0.263 e. The van der Waals surface area contributed by atoms with Gasteiger partial charge in [0.1, 0.15) is 0 Å². The quantitative estimate of drug-likeness (QED) is 0.436. The second kappa shape index (κ2) is 2.99. The van der Waals surface area contributed by atoms with Gasteiger partial charge in [-0.15, -0.1) is 0 Å². The van der Waals surface area contributed by atoms with Gasteiger partial charge >= 0.3 is 0 Å². The number of nitrogens with zero attached hydrogens (tertiary/aromatic N) is 3. The molecule has 0 radical (unpaired) electrons. The Morgan fingerprint density at radius 3 is 2.41 bits per heavy atom. The molecule has 3 fully saturated rings. The first-order valence-electron chi connectivity index (χ1n) is 5.52. The van der Waals surface area contributed by atoms with Crippen molar-refractivity contribution in [1.29, 1.82) is 0 Å². The standard InChI is InChI=1S/C12H11F2N3/c13-12(14)10(8-16-17-15)6-11(12,7-10)9-4-2-1-3-5-9/h1-5H,6-8H2. The van der Waals surface area contributed by atoms with Crippen LogP contribution in [0.25, 0.3) is 10.4 Å². The molecule has 3 saturated carbocycles. The molecule has 3 nitrogen and oxygen atoms in total. The van der Waals surface area contributed by atoms with Crippen molar-refractivity contribution in [2.75, 3.05) is 6.54 Å². The first kappa shape index (κ1) is 10.5. The number of rotatable bonds is 3. The maximum absolute atomic E-state index is 14.1. The Morgan fingerprint density at radius 1 is 1.24 bits per heavy atom. The van der Waals surface area contributed by atoms with E-state index >= 15 is 0 Å². The van der Waals surface area contributed by atoms with Crippen molar-refractivity contribution in [2.24, 2.45) is 10.5 Å². The van der Waals surface area contributed by atoms with E-state index in [-0.39, 0.29) is 6.54 Å². The van der Waals surface area contributed by atoms with Gasteiger partial charge in [0.25, 0.3) is 5.92 Å². The lowest BCUT2D eigenvalue weighted by Gasteiger charge is -2.75. The van der Waals surface area contributed by atoms with E-state index in [2.05, 4.69) is 10.0 Å². The fraction of sp³-hybridized carbons (Fsp3) is 0.500. The zero-order valence-electron chi connectivity index (χ0n) is 9.11. The highest BCUT2D eigenvalue weighted by Gasteiger charge is 2.87. The molecule has 0 N–H and O–H groups in total. The summed E-state index contributed by atoms with van der Waals surface area (Å²) < 4.78 is 28.2. The summed E-state index contributed by atoms with van der Waals surface area (Å²) in [4.78, 5) is 2.58. The monoisotopic (exact) mass is 235 g/mol. The highest BCUT2D eigenvalue weighted by atomic mass is 19.3. The van der Waals surface area contributed by atoms with Gasteiger partial charge in [-0.1, -0.05) is 35.4 Å². The zero-order valence-corrected chi connectivity index (χ0v) is 9.11. The average Bonchev–Trinajstić information content (AvgIpc) is 2.29. The summed E-state index contributed by atoms with van der Waals surface area (Å²) >= 11 is 0. The van der Waals surface area contributed by atoms with Gasteiger partial charge in [-0.2, -0.15) is 0 Å². The maximum atomic E-state index is 14.1. The smallest absolute Gasteiger partial charge is 0.205 e. The van der Waals surface area contributed by atoms with E-state index in [0.29, 0.717) is 18.4 Å². The van der Waals surface area contributed by atoms with Crippen LogP contribution >= 0.6 is 0 Å². The van der Waals surface area contributed by atoms with Gasteiger partial charge in [0.15, 0.2) is 0 Å². The fourth-order valence-electron chi connectivity index (χ4n) is 3.36. The molecule has 0 saturated heterocycles. The Bertz CT molecular complexity index is 500. The SMILES string of the molecule is [N-]=[N+]=NCC12CC(c3ccccc3)(C1)C2(F)F. The average molecular weight is 235 g/mol. The lowest BCUT2D eigenvalue weighted by molar-refractivity contribution is -0.365. The normalized spacial score (nSPS) is 36.4. The third-order valence-corrected chi connectivity index (χ3v) is 4.31. The van der Waals surface area contributed by atoms with Crippen molar-refractivity contribution in [3.8, 4) is 0 Å². The molecule has 17 heavy (non-hydrogen) atoms. The molecule has 0 spiro atoms. The second-order valence-corrected chi connectivity index (χ2v) is 5.05. The van der Waals surface area contributed by atoms with Crippen LogP contribution in [0.4, 0.5) is 8.78 Å². The van der Waals surface area contributed by atoms with Gasteiger partial charge in [0.05, 0.1) is 5.41 Å². The van der Waals surface area contributed by atoms with E-state index < -0.39 is 16.8 Å². The van der Waals surface area contributed by atoms with Gasteiger partial charge in [-0.05, 0) is 23.9 Å². The van der Waals surface area contributed by atoms with E-state index in [4.69, 9.17) is 5.53 Å². The molecule has 88 valence electrons. The third kappa shape index (κ3) is 0.984. The minimum Gasteiger partial charge on any atom is -0.205 e. The first-order chi connectivity index (χ1) is 8.08. The Balaban J connectivity index is 1.91. The molecule has 0 aliphatic heterocycles. The van der Waals surface area contributed by atoms with Gasteiger partial charge < -0.3 is 0 Å². The summed E-state index contributed by atoms with van der Waals surface area (Å²) in [6, 6.07) is 8.90. The maximum Gasteiger partial charge on any atom is 0.263 e. The van der Waals surface area contributed by atoms with Gasteiger partial charge in [0.2, 0.25) is 0 Å². The number of benzene rings is 1. The van der Waals surface area contributed by atoms with Crippen molar-refractivity contribution in [3.05, 3.63) is 46.3 Å². The van der Waals surface area contributed by atoms with Gasteiger partial charge in [-0.25, -0.2) is 8.78 Å². The molecule has 2 bridgehead atoms. The van der Waals surface area contributed by atoms with Gasteiger partial charge in [-0.3, -0.25) is 0 Å². The Hall–Kier alpha value is -1.61. The topological polar surface area (TPSA) is 48.8 Å². The number of azide groups is 1. The van der Waals surface area contributed by atoms with Crippen LogP contribution in [0.1, 0.15) is 18.4 Å². The molecule has 0 amide bonds. The Labute approximate surface area is 97.1 Å². The number of hydrogen-bond acceptors (Lipinski definition) is 1. The molecule has 0 heterocycles. The van der Waals surface area contributed by atoms with E-state index in [0.717, 1.165) is 0 Å². The molecule has 4 rings (SSSR count). The molecule has 1 aromatic rings. The summed E-state index contributed by atoms with van der Waals surface area (Å²) in [5.41, 5.74) is 6.86. The Morgan fingerprint density at radius 2 is 1.88 bits per heavy atom. The van der Waals surface area contributed by atoms with Gasteiger partial charge in [0, 0.05) is 16.9 Å². The van der Waals surface area contributed by atoms with Crippen LogP contribution in [-0.4, -0.2) is 12.5 Å². The molecular weight excluding hydrogens is 224 g/mol. The lowest BCUT2D eigenvalue weighted by atomic mass is 9.30. The van der Waals surface area contributed by atoms with E-state index in [1.54, 1.807) is 24.3 Å². The van der Waals surface area contributed by atoms with Crippen LogP contribution in [0.2, 0.25) is 0 Å². The number of alkyl halides is 2. The number of halogens is 2. The van der Waals surface area contributed by atoms with Crippen molar-refractivity contribution in [3.63, 3.8) is 0 Å². The van der Waals surface area contributed by atoms with Crippen molar-refractivity contribution in [1.82, 2.24) is 0 Å². The predicted molar refractivity (Wildman–Crippen MR) is 58.7 cm³/mol. The van der Waals surface area contributed by atoms with E-state index in [1.165, 1.54) is 0 Å². The molecule has 0 unspecified atom stereocenters. The molecule has 0 atom stereocenters. The van der Waals surface area contributed by atoms with Crippen LogP contribution in [-0.2, 0) is 5.41 Å². The van der Waals surface area contributed by atoms with Crippen LogP contribution < -0.4 is 0 Å². The van der Waals surface area contributed by atoms with Crippen molar-refractivity contribution in [2.45, 2.75) is 24.2 Å². The summed E-state index contributed by atoms with van der Waals surface area (Å²) in [5.74, 6) is -2.74. The minimum atomic E-state index is -2.74. The predicted octanol–water partition coefficient (Wildman–Crippen LogP) is 3.66. The molecule has 5 heteroatoms. The highest BCUT2D eigenvalue weighted by Crippen LogP contribution is 2.81. The van der Waals surface area contributed by atoms with E-state index in [1.807, 2.05) is 6.07 Å². The van der Waals surface area contributed by atoms with E-state index in [9.17, 15) is 8.78 Å². The molecule has 3 aliphatic rings. The zero-order chi connectivity index (χ0) is 12.1. The molecule has 0 aromatic heterocycles. The highest BCUT2D eigenvalue weighted by molar-refractivity contribution is 5.46. The van der Waals surface area contributed by atoms with Crippen LogP contribution in [0, 0.1) is 5.41 Å². The fourth-order valence-corrected chi connectivity index (χ4v) is 3.36. The van der Waals surface area contributed by atoms with Crippen molar-refractivity contribution >= 4 is 0 Å². The third-order valence-electron chi connectivity index (χ3n) is 4.31. The first-order valence-corrected chi connectivity index (χ1v) is 5.52. The lowest BCUT2D eigenvalue weighted by Crippen LogP contribution is -2.82.